The van der Waals surface area contributed by atoms with Crippen LogP contribution >= 0.6 is 0 Å². The van der Waals surface area contributed by atoms with E-state index in [1.165, 1.54) is 6.42 Å². The normalized spacial score (nSPS) is 15.8. The van der Waals surface area contributed by atoms with Crippen LogP contribution in [0.25, 0.3) is 0 Å². The van der Waals surface area contributed by atoms with E-state index in [0.29, 0.717) is 6.10 Å². The predicted octanol–water partition coefficient (Wildman–Crippen LogP) is 3.84. The first-order valence-electron chi connectivity index (χ1n) is 7.71. The second-order valence-corrected chi connectivity index (χ2v) is 6.67. The third kappa shape index (κ3) is 3.41. The highest BCUT2D eigenvalue weighted by Crippen LogP contribution is 2.31. The van der Waals surface area contributed by atoms with Crippen molar-refractivity contribution < 1.29 is 4.74 Å². The molecule has 0 aromatic carbocycles. The molecule has 1 aliphatic rings. The van der Waals surface area contributed by atoms with E-state index < -0.39 is 0 Å². The number of nitrogens with one attached hydrogen (secondary N) is 1. The Balaban J connectivity index is 2.31. The first kappa shape index (κ1) is 15.1. The van der Waals surface area contributed by atoms with Gasteiger partial charge in [-0.3, -0.25) is 0 Å². The van der Waals surface area contributed by atoms with Gasteiger partial charge in [-0.05, 0) is 32.6 Å². The van der Waals surface area contributed by atoms with Crippen LogP contribution in [-0.4, -0.2) is 22.6 Å². The molecular weight excluding hydrogens is 250 g/mol. The monoisotopic (exact) mass is 277 g/mol. The topological polar surface area (TPSA) is 47.0 Å². The molecule has 4 heteroatoms. The van der Waals surface area contributed by atoms with E-state index in [4.69, 9.17) is 9.72 Å². The van der Waals surface area contributed by atoms with Gasteiger partial charge in [0.15, 0.2) is 0 Å². The van der Waals surface area contributed by atoms with Crippen molar-refractivity contribution in [3.63, 3.8) is 0 Å². The lowest BCUT2D eigenvalue weighted by molar-refractivity contribution is 0.113. The quantitative estimate of drug-likeness (QED) is 0.888. The average Bonchev–Trinajstić information content (AvgIpc) is 2.32. The van der Waals surface area contributed by atoms with Crippen LogP contribution < -0.4 is 10.1 Å². The number of aromatic nitrogens is 2. The highest BCUT2D eigenvalue weighted by molar-refractivity contribution is 5.49. The molecule has 0 spiro atoms. The zero-order valence-corrected chi connectivity index (χ0v) is 13.4. The maximum absolute atomic E-state index is 6.05. The van der Waals surface area contributed by atoms with E-state index in [9.17, 15) is 0 Å². The molecular formula is C16H27N3O. The molecule has 1 aliphatic carbocycles. The summed E-state index contributed by atoms with van der Waals surface area (Å²) in [7, 11) is 0. The van der Waals surface area contributed by atoms with Gasteiger partial charge in [0.25, 0.3) is 0 Å². The van der Waals surface area contributed by atoms with Gasteiger partial charge in [0.05, 0.1) is 5.56 Å². The third-order valence-corrected chi connectivity index (χ3v) is 3.64. The Morgan fingerprint density at radius 2 is 1.95 bits per heavy atom. The molecule has 0 amide bonds. The van der Waals surface area contributed by atoms with E-state index in [0.717, 1.165) is 48.9 Å². The van der Waals surface area contributed by atoms with Crippen molar-refractivity contribution >= 4 is 5.82 Å². The Morgan fingerprint density at radius 3 is 2.45 bits per heavy atom. The minimum absolute atomic E-state index is 0.0753. The van der Waals surface area contributed by atoms with Crippen molar-refractivity contribution in [2.24, 2.45) is 0 Å². The van der Waals surface area contributed by atoms with Gasteiger partial charge in [-0.15, -0.1) is 0 Å². The molecule has 1 aromatic heterocycles. The molecule has 20 heavy (non-hydrogen) atoms. The highest BCUT2D eigenvalue weighted by Gasteiger charge is 2.25. The lowest BCUT2D eigenvalue weighted by Gasteiger charge is -2.28. The molecule has 0 radical (unpaired) electrons. The molecule has 0 bridgehead atoms. The molecule has 0 unspecified atom stereocenters. The molecule has 112 valence electrons. The lowest BCUT2D eigenvalue weighted by atomic mass is 9.95. The summed E-state index contributed by atoms with van der Waals surface area (Å²) in [6.07, 6.45) is 4.97. The van der Waals surface area contributed by atoms with Crippen LogP contribution in [0.5, 0.6) is 5.88 Å². The maximum atomic E-state index is 6.05. The molecule has 1 fully saturated rings. The SMILES string of the molecule is CCCNc1nc(C(C)(C)C)nc(OC2CCC2)c1C. The minimum Gasteiger partial charge on any atom is -0.474 e. The van der Waals surface area contributed by atoms with Crippen molar-refractivity contribution in [3.05, 3.63) is 11.4 Å². The van der Waals surface area contributed by atoms with Crippen LogP contribution in [0.4, 0.5) is 5.82 Å². The number of hydrogen-bond acceptors (Lipinski definition) is 4. The van der Waals surface area contributed by atoms with E-state index in [1.807, 2.05) is 6.92 Å². The van der Waals surface area contributed by atoms with Gasteiger partial charge in [0, 0.05) is 12.0 Å². The molecule has 0 atom stereocenters. The molecule has 1 heterocycles. The smallest absolute Gasteiger partial charge is 0.222 e. The summed E-state index contributed by atoms with van der Waals surface area (Å²) >= 11 is 0. The number of rotatable bonds is 5. The van der Waals surface area contributed by atoms with Gasteiger partial charge in [0.2, 0.25) is 5.88 Å². The lowest BCUT2D eigenvalue weighted by Crippen LogP contribution is -2.27. The summed E-state index contributed by atoms with van der Waals surface area (Å²) in [5.74, 6) is 2.52. The van der Waals surface area contributed by atoms with Crippen molar-refractivity contribution in [3.8, 4) is 5.88 Å². The van der Waals surface area contributed by atoms with Gasteiger partial charge >= 0.3 is 0 Å². The van der Waals surface area contributed by atoms with Gasteiger partial charge < -0.3 is 10.1 Å². The number of hydrogen-bond donors (Lipinski definition) is 1. The second-order valence-electron chi connectivity index (χ2n) is 6.67. The number of nitrogens with zero attached hydrogens (tertiary/aromatic N) is 2. The number of ether oxygens (including phenoxy) is 1. The van der Waals surface area contributed by atoms with E-state index in [2.05, 4.69) is 38.0 Å². The first-order valence-corrected chi connectivity index (χ1v) is 7.71. The van der Waals surface area contributed by atoms with Crippen LogP contribution in [0.2, 0.25) is 0 Å². The van der Waals surface area contributed by atoms with Crippen molar-refractivity contribution in [2.45, 2.75) is 71.8 Å². The Morgan fingerprint density at radius 1 is 1.25 bits per heavy atom. The van der Waals surface area contributed by atoms with Crippen molar-refractivity contribution in [2.75, 3.05) is 11.9 Å². The standard InChI is InChI=1S/C16H27N3O/c1-6-10-17-13-11(2)14(20-12-8-7-9-12)19-15(18-13)16(3,4)5/h12H,6-10H2,1-5H3,(H,17,18,19). The predicted molar refractivity (Wildman–Crippen MR) is 82.5 cm³/mol. The van der Waals surface area contributed by atoms with Crippen LogP contribution in [0.1, 0.15) is 64.8 Å². The Labute approximate surface area is 122 Å². The van der Waals surface area contributed by atoms with E-state index in [1.54, 1.807) is 0 Å². The minimum atomic E-state index is -0.0753. The van der Waals surface area contributed by atoms with E-state index in [-0.39, 0.29) is 5.41 Å². The third-order valence-electron chi connectivity index (χ3n) is 3.64. The highest BCUT2D eigenvalue weighted by atomic mass is 16.5. The fourth-order valence-corrected chi connectivity index (χ4v) is 2.01. The summed E-state index contributed by atoms with van der Waals surface area (Å²) in [6.45, 7) is 11.5. The van der Waals surface area contributed by atoms with Crippen LogP contribution in [0, 0.1) is 6.92 Å². The Hall–Kier alpha value is -1.32. The zero-order chi connectivity index (χ0) is 14.8. The molecule has 1 N–H and O–H groups in total. The fourth-order valence-electron chi connectivity index (χ4n) is 2.01. The summed E-state index contributed by atoms with van der Waals surface area (Å²) in [4.78, 5) is 9.35. The molecule has 0 aliphatic heterocycles. The molecule has 0 saturated heterocycles. The summed E-state index contributed by atoms with van der Waals surface area (Å²) < 4.78 is 6.05. The van der Waals surface area contributed by atoms with Crippen molar-refractivity contribution in [1.82, 2.24) is 9.97 Å². The van der Waals surface area contributed by atoms with Gasteiger partial charge in [-0.2, -0.15) is 4.98 Å². The van der Waals surface area contributed by atoms with Crippen LogP contribution in [-0.2, 0) is 5.41 Å². The van der Waals surface area contributed by atoms with E-state index >= 15 is 0 Å². The van der Waals surface area contributed by atoms with Crippen molar-refractivity contribution in [1.29, 1.82) is 0 Å². The largest absolute Gasteiger partial charge is 0.474 e. The first-order chi connectivity index (χ1) is 9.41. The Bertz CT molecular complexity index is 462. The molecule has 2 rings (SSSR count). The van der Waals surface area contributed by atoms with Gasteiger partial charge in [-0.1, -0.05) is 27.7 Å². The molecule has 1 saturated carbocycles. The zero-order valence-electron chi connectivity index (χ0n) is 13.4. The van der Waals surface area contributed by atoms with Gasteiger partial charge in [-0.25, -0.2) is 4.98 Å². The molecule has 1 aromatic rings. The second kappa shape index (κ2) is 5.98. The molecule has 4 nitrogen and oxygen atoms in total. The van der Waals surface area contributed by atoms with Crippen LogP contribution in [0.3, 0.4) is 0 Å². The fraction of sp³-hybridized carbons (Fsp3) is 0.750. The maximum Gasteiger partial charge on any atom is 0.222 e. The summed E-state index contributed by atoms with van der Waals surface area (Å²) in [6, 6.07) is 0. The van der Waals surface area contributed by atoms with Gasteiger partial charge in [0.1, 0.15) is 17.7 Å². The average molecular weight is 277 g/mol. The summed E-state index contributed by atoms with van der Waals surface area (Å²) in [5.41, 5.74) is 0.951. The Kier molecular flexibility index (Phi) is 4.51. The number of anilines is 1. The van der Waals surface area contributed by atoms with Crippen LogP contribution in [0.15, 0.2) is 0 Å². The summed E-state index contributed by atoms with van der Waals surface area (Å²) in [5, 5.41) is 3.39.